The molecule has 0 spiro atoms. The maximum absolute atomic E-state index is 2.64. The fourth-order valence-corrected chi connectivity index (χ4v) is 9.59. The van der Waals surface area contributed by atoms with Crippen LogP contribution >= 0.6 is 0 Å². The SMILES string of the molecule is CCCCCCN(C)CCCCCC.CCCCN(C)C.CCCCN(C)CCCC.CCCCN(CC)CCCC.CCCCN(CCCC)CCCC.CCCN(C)C.CCCN(C)C.CCCN(C)C.CCCN(C)C.CCCN(CCC)CCC.CCN(C)C.CCN(CC)CC.CN(C)C. The Morgan fingerprint density at radius 1 is 0.124 bits per heavy atom. The molecule has 0 saturated carbocycles. The molecule has 0 aliphatic carbocycles. The van der Waals surface area contributed by atoms with E-state index in [0.717, 1.165) is 6.54 Å². The van der Waals surface area contributed by atoms with E-state index < -0.39 is 0 Å². The van der Waals surface area contributed by atoms with Gasteiger partial charge >= 0.3 is 0 Å². The summed E-state index contributed by atoms with van der Waals surface area (Å²) in [7, 11) is 35.5. The van der Waals surface area contributed by atoms with Crippen LogP contribution in [0.5, 0.6) is 0 Å². The zero-order valence-corrected chi connectivity index (χ0v) is 82.3. The van der Waals surface area contributed by atoms with Crippen molar-refractivity contribution in [3.8, 4) is 0 Å². The molecule has 656 valence electrons. The van der Waals surface area contributed by atoms with Gasteiger partial charge in [0.25, 0.3) is 0 Å². The van der Waals surface area contributed by atoms with Crippen LogP contribution in [0.1, 0.15) is 351 Å². The molecule has 13 nitrogen and oxygen atoms in total. The Hall–Kier alpha value is -0.520. The molecular weight excluding hydrogens is 1290 g/mol. The molecule has 0 unspecified atom stereocenters. The third-order valence-corrected chi connectivity index (χ3v) is 16.4. The number of hydrogen-bond acceptors (Lipinski definition) is 13. The minimum Gasteiger partial charge on any atom is -0.312 e. The van der Waals surface area contributed by atoms with E-state index in [-0.39, 0.29) is 0 Å². The highest BCUT2D eigenvalue weighted by Crippen LogP contribution is 2.05. The lowest BCUT2D eigenvalue weighted by atomic mass is 10.2. The first kappa shape index (κ1) is 134. The first-order valence-electron chi connectivity index (χ1n) is 45.6. The van der Waals surface area contributed by atoms with Crippen LogP contribution in [0, 0.1) is 0 Å². The number of unbranched alkanes of at least 4 members (excludes halogenated alkanes) is 14. The third-order valence-electron chi connectivity index (χ3n) is 16.4. The highest BCUT2D eigenvalue weighted by atomic mass is 15.1. The van der Waals surface area contributed by atoms with Crippen molar-refractivity contribution in [3.63, 3.8) is 0 Å². The van der Waals surface area contributed by atoms with E-state index in [1.165, 1.54) is 336 Å². The number of hydrogen-bond donors (Lipinski definition) is 0. The van der Waals surface area contributed by atoms with E-state index in [2.05, 4.69) is 310 Å². The van der Waals surface area contributed by atoms with Crippen molar-refractivity contribution in [2.75, 3.05) is 264 Å². The molecule has 0 atom stereocenters. The van der Waals surface area contributed by atoms with E-state index in [9.17, 15) is 0 Å². The Morgan fingerprint density at radius 3 is 0.438 bits per heavy atom. The van der Waals surface area contributed by atoms with E-state index in [1.54, 1.807) is 0 Å². The zero-order chi connectivity index (χ0) is 84.0. The van der Waals surface area contributed by atoms with Gasteiger partial charge in [-0.3, -0.25) is 0 Å². The second kappa shape index (κ2) is 130. The van der Waals surface area contributed by atoms with Crippen LogP contribution in [0.15, 0.2) is 0 Å². The summed E-state index contributed by atoms with van der Waals surface area (Å²) in [6.07, 6.45) is 41.4. The van der Waals surface area contributed by atoms with Crippen molar-refractivity contribution in [2.24, 2.45) is 0 Å². The van der Waals surface area contributed by atoms with Gasteiger partial charge in [-0.05, 0) is 373 Å². The molecule has 0 saturated heterocycles. The topological polar surface area (TPSA) is 42.1 Å². The molecule has 0 heterocycles. The molecule has 105 heavy (non-hydrogen) atoms. The average Bonchev–Trinajstić information content (AvgIpc) is 1.25. The Kier molecular flexibility index (Phi) is 165. The normalized spacial score (nSPS) is 10.5. The first-order valence-corrected chi connectivity index (χ1v) is 45.6. The lowest BCUT2D eigenvalue weighted by molar-refractivity contribution is 0.261. The van der Waals surface area contributed by atoms with Gasteiger partial charge in [-0.15, -0.1) is 0 Å². The Labute approximate surface area is 675 Å². The number of nitrogens with zero attached hydrogens (tertiary/aromatic N) is 13. The highest BCUT2D eigenvalue weighted by Gasteiger charge is 2.03. The molecule has 0 fully saturated rings. The molecule has 0 aromatic carbocycles. The van der Waals surface area contributed by atoms with Crippen molar-refractivity contribution in [3.05, 3.63) is 0 Å². The number of rotatable bonds is 53. The predicted octanol–water partition coefficient (Wildman–Crippen LogP) is 23.0. The van der Waals surface area contributed by atoms with E-state index in [4.69, 9.17) is 0 Å². The molecule has 0 N–H and O–H groups in total. The van der Waals surface area contributed by atoms with E-state index in [1.807, 2.05) is 26.0 Å². The summed E-state index contributed by atoms with van der Waals surface area (Å²) in [5.74, 6) is 0. The van der Waals surface area contributed by atoms with Crippen LogP contribution < -0.4 is 0 Å². The highest BCUT2D eigenvalue weighted by molar-refractivity contribution is 4.59. The first-order chi connectivity index (χ1) is 49.9. The van der Waals surface area contributed by atoms with Gasteiger partial charge < -0.3 is 63.7 Å². The molecule has 13 heteroatoms. The molecule has 0 amide bonds. The van der Waals surface area contributed by atoms with Crippen molar-refractivity contribution in [1.29, 1.82) is 0 Å². The van der Waals surface area contributed by atoms with E-state index in [0.29, 0.717) is 0 Å². The van der Waals surface area contributed by atoms with Crippen LogP contribution in [-0.4, -0.2) is 327 Å². The molecule has 0 bridgehead atoms. The fourth-order valence-electron chi connectivity index (χ4n) is 9.59. The van der Waals surface area contributed by atoms with Crippen LogP contribution in [-0.2, 0) is 0 Å². The summed E-state index contributed by atoms with van der Waals surface area (Å²) in [4.78, 5) is 30.1. The van der Waals surface area contributed by atoms with Gasteiger partial charge in [-0.1, -0.05) is 242 Å². The van der Waals surface area contributed by atoms with Gasteiger partial charge in [0, 0.05) is 0 Å². The largest absolute Gasteiger partial charge is 0.312 e. The summed E-state index contributed by atoms with van der Waals surface area (Å²) in [6, 6.07) is 0. The molecule has 0 aromatic heterocycles. The second-order valence-corrected chi connectivity index (χ2v) is 31.0. The van der Waals surface area contributed by atoms with Crippen molar-refractivity contribution in [2.45, 2.75) is 351 Å². The van der Waals surface area contributed by atoms with Crippen molar-refractivity contribution >= 4 is 0 Å². The van der Waals surface area contributed by atoms with Crippen LogP contribution in [0.3, 0.4) is 0 Å². The van der Waals surface area contributed by atoms with Gasteiger partial charge in [-0.2, -0.15) is 0 Å². The summed E-state index contributed by atoms with van der Waals surface area (Å²) < 4.78 is 0. The zero-order valence-electron chi connectivity index (χ0n) is 82.3. The van der Waals surface area contributed by atoms with Gasteiger partial charge in [0.2, 0.25) is 0 Å². The maximum Gasteiger partial charge on any atom is -0.00188 e. The summed E-state index contributed by atoms with van der Waals surface area (Å²) in [6.45, 7) is 76.5. The molecule has 0 aliphatic heterocycles. The lowest BCUT2D eigenvalue weighted by Crippen LogP contribution is -2.27. The van der Waals surface area contributed by atoms with Gasteiger partial charge in [-0.25, -0.2) is 0 Å². The fraction of sp³-hybridized carbons (Fsp3) is 1.00. The van der Waals surface area contributed by atoms with Gasteiger partial charge in [0.05, 0.1) is 0 Å². The minimum absolute atomic E-state index is 1.14. The van der Waals surface area contributed by atoms with Crippen molar-refractivity contribution in [1.82, 2.24) is 63.7 Å². The van der Waals surface area contributed by atoms with Gasteiger partial charge in [0.1, 0.15) is 0 Å². The average molecular weight is 1510 g/mol. The summed E-state index contributed by atoms with van der Waals surface area (Å²) in [5.41, 5.74) is 0. The third kappa shape index (κ3) is 192. The Morgan fingerprint density at radius 2 is 0.295 bits per heavy atom. The van der Waals surface area contributed by atoms with Gasteiger partial charge in [0.15, 0.2) is 0 Å². The molecule has 0 radical (unpaired) electrons. The monoisotopic (exact) mass is 1510 g/mol. The molecular formula is C92H223N13. The van der Waals surface area contributed by atoms with Crippen LogP contribution in [0.25, 0.3) is 0 Å². The summed E-state index contributed by atoms with van der Waals surface area (Å²) >= 11 is 0. The smallest absolute Gasteiger partial charge is 0.00188 e. The summed E-state index contributed by atoms with van der Waals surface area (Å²) in [5, 5.41) is 0. The quantitative estimate of drug-likeness (QED) is 0.0544. The van der Waals surface area contributed by atoms with Crippen molar-refractivity contribution < 1.29 is 0 Å². The Bertz CT molecular complexity index is 1130. The standard InChI is InChI=1S/C13H29N.C12H27N.C10H23N.2C9H21N.2C6H15N.4C5H13N.C4H11N.C3H9N/c1-4-6-8-10-12-14(3)13-11-9-7-5-2;1-4-7-10-13(11-8-5-2)12-9-6-3;1-4-7-9-11(6-3)10-8-5-2;1-4-6-8-10(3)9-7-5-2;1-4-7-10(8-5-2)9-6-3;1-4-5-6-7(2)3;1-4-7(5-2)6-3;4*1-4-5-6(2)3;1-4-5(2)3;1-4(2)3/h4-13H2,1-3H3;4-12H2,1-3H3;4-10H2,1-3H3;2*4-9H2,1-3H3;2*4-6H2,1-3H3;4*4-5H2,1-3H3;4H2,1-3H3;1-3H3. The van der Waals surface area contributed by atoms with Crippen LogP contribution in [0.4, 0.5) is 0 Å². The molecule has 0 aliphatic rings. The van der Waals surface area contributed by atoms with E-state index >= 15 is 0 Å². The second-order valence-electron chi connectivity index (χ2n) is 31.0. The lowest BCUT2D eigenvalue weighted by Gasteiger charge is -2.21. The molecule has 0 rings (SSSR count). The van der Waals surface area contributed by atoms with Crippen LogP contribution in [0.2, 0.25) is 0 Å². The maximum atomic E-state index is 2.64. The predicted molar refractivity (Wildman–Crippen MR) is 500 cm³/mol. The minimum atomic E-state index is 1.14. The Balaban J connectivity index is -0.0000000806. The molecule has 0 aromatic rings.